The molecule has 62 valence electrons. The van der Waals surface area contributed by atoms with Crippen LogP contribution in [-0.2, 0) is 0 Å². The quantitative estimate of drug-likeness (QED) is 0.347. The highest BCUT2D eigenvalue weighted by Gasteiger charge is 2.26. The molecule has 0 aromatic rings. The Morgan fingerprint density at radius 2 is 2.09 bits per heavy atom. The Balaban J connectivity index is 4.14. The maximum Gasteiger partial charge on any atom is 0.275 e. The molecule has 0 unspecified atom stereocenters. The van der Waals surface area contributed by atoms with Crippen molar-refractivity contribution in [3.8, 4) is 11.8 Å². The summed E-state index contributed by atoms with van der Waals surface area (Å²) in [6, 6.07) is 0. The van der Waals surface area contributed by atoms with Crippen LogP contribution in [0.5, 0.6) is 0 Å². The van der Waals surface area contributed by atoms with Crippen LogP contribution in [0.25, 0.3) is 0 Å². The van der Waals surface area contributed by atoms with Crippen molar-refractivity contribution in [3.63, 3.8) is 0 Å². The Morgan fingerprint density at radius 3 is 2.45 bits per heavy atom. The van der Waals surface area contributed by atoms with Gasteiger partial charge in [0.05, 0.1) is 0 Å². The van der Waals surface area contributed by atoms with Crippen LogP contribution in [0.2, 0.25) is 0 Å². The fourth-order valence-electron chi connectivity index (χ4n) is 0.449. The van der Waals surface area contributed by atoms with Crippen molar-refractivity contribution in [2.75, 3.05) is 0 Å². The van der Waals surface area contributed by atoms with Gasteiger partial charge in [-0.2, -0.15) is 0 Å². The van der Waals surface area contributed by atoms with Crippen molar-refractivity contribution in [2.45, 2.75) is 39.2 Å². The summed E-state index contributed by atoms with van der Waals surface area (Å²) in [5.41, 5.74) is -1.09. The predicted molar refractivity (Wildman–Crippen MR) is 43.8 cm³/mol. The lowest BCUT2D eigenvalue weighted by molar-refractivity contribution is -0.542. The molecule has 3 nitrogen and oxygen atoms in total. The number of hydrogen-bond donors (Lipinski definition) is 0. The first-order valence-electron chi connectivity index (χ1n) is 3.65. The Hall–Kier alpha value is -1.04. The average Bonchev–Trinajstić information content (AvgIpc) is 1.88. The zero-order chi connectivity index (χ0) is 8.91. The lowest BCUT2D eigenvalue weighted by Crippen LogP contribution is -2.28. The molecule has 0 aromatic carbocycles. The van der Waals surface area contributed by atoms with E-state index in [1.165, 1.54) is 13.8 Å². The standard InChI is InChI=1S/C8H13NO2/c1-4-5-6-7-8(2,3)9(10)11/h4-5H2,1-3H3. The van der Waals surface area contributed by atoms with Crippen LogP contribution in [0, 0.1) is 22.0 Å². The van der Waals surface area contributed by atoms with Crippen molar-refractivity contribution in [2.24, 2.45) is 0 Å². The summed E-state index contributed by atoms with van der Waals surface area (Å²) in [4.78, 5) is 9.95. The van der Waals surface area contributed by atoms with E-state index in [0.29, 0.717) is 0 Å². The van der Waals surface area contributed by atoms with Gasteiger partial charge in [-0.25, -0.2) is 0 Å². The molecule has 0 aliphatic carbocycles. The van der Waals surface area contributed by atoms with Crippen LogP contribution in [0.1, 0.15) is 33.6 Å². The van der Waals surface area contributed by atoms with E-state index < -0.39 is 5.54 Å². The van der Waals surface area contributed by atoms with Gasteiger partial charge >= 0.3 is 0 Å². The smallest absolute Gasteiger partial charge is 0.263 e. The second-order valence-corrected chi connectivity index (χ2v) is 2.87. The van der Waals surface area contributed by atoms with E-state index in [1.54, 1.807) is 0 Å². The van der Waals surface area contributed by atoms with Gasteiger partial charge in [0.1, 0.15) is 0 Å². The number of hydrogen-bond acceptors (Lipinski definition) is 2. The zero-order valence-electron chi connectivity index (χ0n) is 7.18. The minimum atomic E-state index is -1.09. The Kier molecular flexibility index (Phi) is 3.59. The van der Waals surface area contributed by atoms with Gasteiger partial charge in [-0.05, 0) is 12.3 Å². The van der Waals surface area contributed by atoms with Crippen molar-refractivity contribution in [1.82, 2.24) is 0 Å². The van der Waals surface area contributed by atoms with Gasteiger partial charge in [0.25, 0.3) is 5.54 Å². The van der Waals surface area contributed by atoms with Gasteiger partial charge in [-0.15, -0.1) is 0 Å². The molecular weight excluding hydrogens is 142 g/mol. The van der Waals surface area contributed by atoms with Crippen LogP contribution >= 0.6 is 0 Å². The minimum Gasteiger partial charge on any atom is -0.263 e. The van der Waals surface area contributed by atoms with E-state index in [4.69, 9.17) is 0 Å². The monoisotopic (exact) mass is 155 g/mol. The van der Waals surface area contributed by atoms with Crippen molar-refractivity contribution < 1.29 is 4.92 Å². The van der Waals surface area contributed by atoms with Crippen molar-refractivity contribution in [3.05, 3.63) is 10.1 Å². The second-order valence-electron chi connectivity index (χ2n) is 2.87. The number of rotatable bonds is 2. The molecule has 0 aromatic heterocycles. The van der Waals surface area contributed by atoms with Crippen LogP contribution in [0.3, 0.4) is 0 Å². The molecule has 0 bridgehead atoms. The minimum absolute atomic E-state index is 0.365. The Labute approximate surface area is 66.9 Å². The number of nitro groups is 1. The van der Waals surface area contributed by atoms with Crippen LogP contribution in [0.4, 0.5) is 0 Å². The zero-order valence-corrected chi connectivity index (χ0v) is 7.18. The highest BCUT2D eigenvalue weighted by molar-refractivity contribution is 5.09. The largest absolute Gasteiger partial charge is 0.275 e. The SMILES string of the molecule is CCCC#CC(C)(C)[N+](=O)[O-]. The summed E-state index contributed by atoms with van der Waals surface area (Å²) >= 11 is 0. The normalized spacial score (nSPS) is 10.1. The van der Waals surface area contributed by atoms with Gasteiger partial charge in [-0.1, -0.05) is 12.8 Å². The maximum absolute atomic E-state index is 10.3. The molecule has 0 N–H and O–H groups in total. The molecule has 0 rings (SSSR count). The maximum atomic E-state index is 10.3. The molecular formula is C8H13NO2. The third-order valence-electron chi connectivity index (χ3n) is 1.23. The van der Waals surface area contributed by atoms with E-state index >= 15 is 0 Å². The molecule has 0 heterocycles. The van der Waals surface area contributed by atoms with Gasteiger partial charge in [0.15, 0.2) is 0 Å². The fraction of sp³-hybridized carbons (Fsp3) is 0.750. The lowest BCUT2D eigenvalue weighted by Gasteiger charge is -2.05. The average molecular weight is 155 g/mol. The number of unbranched alkanes of at least 4 members (excludes halogenated alkanes) is 1. The summed E-state index contributed by atoms with van der Waals surface area (Å²) in [7, 11) is 0. The van der Waals surface area contributed by atoms with Gasteiger partial charge in [-0.3, -0.25) is 10.1 Å². The molecule has 11 heavy (non-hydrogen) atoms. The molecule has 3 heteroatoms. The molecule has 0 aliphatic heterocycles. The predicted octanol–water partition coefficient (Wildman–Crippen LogP) is 1.85. The highest BCUT2D eigenvalue weighted by atomic mass is 16.6. The van der Waals surface area contributed by atoms with E-state index in [-0.39, 0.29) is 4.92 Å². The second kappa shape index (κ2) is 3.97. The third kappa shape index (κ3) is 3.61. The summed E-state index contributed by atoms with van der Waals surface area (Å²) in [6.07, 6.45) is 1.68. The molecule has 0 saturated carbocycles. The highest BCUT2D eigenvalue weighted by Crippen LogP contribution is 2.04. The van der Waals surface area contributed by atoms with Crippen LogP contribution < -0.4 is 0 Å². The van der Waals surface area contributed by atoms with Crippen LogP contribution in [0.15, 0.2) is 0 Å². The van der Waals surface area contributed by atoms with Crippen molar-refractivity contribution >= 4 is 0 Å². The van der Waals surface area contributed by atoms with E-state index in [0.717, 1.165) is 12.8 Å². The third-order valence-corrected chi connectivity index (χ3v) is 1.23. The molecule has 0 fully saturated rings. The molecule has 0 aliphatic rings. The van der Waals surface area contributed by atoms with Crippen molar-refractivity contribution in [1.29, 1.82) is 0 Å². The summed E-state index contributed by atoms with van der Waals surface area (Å²) in [5.74, 6) is 5.38. The topological polar surface area (TPSA) is 43.1 Å². The first-order chi connectivity index (χ1) is 5.00. The Morgan fingerprint density at radius 1 is 1.55 bits per heavy atom. The summed E-state index contributed by atoms with van der Waals surface area (Å²) < 4.78 is 0. The summed E-state index contributed by atoms with van der Waals surface area (Å²) in [5, 5.41) is 10.3. The van der Waals surface area contributed by atoms with E-state index in [9.17, 15) is 10.1 Å². The summed E-state index contributed by atoms with van der Waals surface area (Å²) in [6.45, 7) is 5.01. The van der Waals surface area contributed by atoms with Gasteiger partial charge in [0, 0.05) is 25.2 Å². The molecule has 0 saturated heterocycles. The molecule has 0 amide bonds. The first kappa shape index (κ1) is 9.96. The van der Waals surface area contributed by atoms with E-state index in [1.807, 2.05) is 6.92 Å². The first-order valence-corrected chi connectivity index (χ1v) is 3.65. The molecule has 0 radical (unpaired) electrons. The molecule has 0 atom stereocenters. The van der Waals surface area contributed by atoms with Gasteiger partial charge in [0.2, 0.25) is 0 Å². The lowest BCUT2D eigenvalue weighted by atomic mass is 10.1. The van der Waals surface area contributed by atoms with Gasteiger partial charge < -0.3 is 0 Å². The van der Waals surface area contributed by atoms with Crippen LogP contribution in [-0.4, -0.2) is 10.5 Å². The van der Waals surface area contributed by atoms with E-state index in [2.05, 4.69) is 11.8 Å². The molecule has 0 spiro atoms. The number of nitrogens with zero attached hydrogens (tertiary/aromatic N) is 1. The fourth-order valence-corrected chi connectivity index (χ4v) is 0.449. The Bertz CT molecular complexity index is 198.